The molecule has 0 aromatic carbocycles. The molecule has 14 heavy (non-hydrogen) atoms. The quantitative estimate of drug-likeness (QED) is 0.571. The molecule has 0 saturated carbocycles. The topological polar surface area (TPSA) is 142 Å². The summed E-state index contributed by atoms with van der Waals surface area (Å²) in [5.74, 6) is 0.488. The van der Waals surface area contributed by atoms with Gasteiger partial charge in [0.1, 0.15) is 6.07 Å². The van der Waals surface area contributed by atoms with Crippen LogP contribution in [0.4, 0.5) is 17.5 Å². The smallest absolute Gasteiger partial charge is 0.220 e. The van der Waals surface area contributed by atoms with Crippen LogP contribution in [0.1, 0.15) is 5.69 Å². The predicted molar refractivity (Wildman–Crippen MR) is 43.1 cm³/mol. The van der Waals surface area contributed by atoms with Crippen LogP contribution in [0.15, 0.2) is 4.63 Å². The van der Waals surface area contributed by atoms with E-state index in [0.29, 0.717) is 0 Å². The number of hydrogen-bond acceptors (Lipinski definition) is 8. The minimum atomic E-state index is 0.0805. The van der Waals surface area contributed by atoms with Gasteiger partial charge >= 0.3 is 0 Å². The van der Waals surface area contributed by atoms with Crippen LogP contribution in [-0.4, -0.2) is 25.7 Å². The number of nitrogen functional groups attached to an aromatic ring is 1. The monoisotopic (exact) mass is 192 g/mol. The van der Waals surface area contributed by atoms with Gasteiger partial charge in [0.25, 0.3) is 0 Å². The molecule has 0 radical (unpaired) electrons. The number of nitriles is 1. The van der Waals surface area contributed by atoms with Crippen molar-refractivity contribution in [2.45, 2.75) is 0 Å². The third-order valence-electron chi connectivity index (χ3n) is 1.40. The third-order valence-corrected chi connectivity index (χ3v) is 1.40. The molecule has 2 heterocycles. The SMILES string of the molecule is N#Cc1n[nH]nc1Nc1nonc1N. The molecule has 2 aromatic rings. The van der Waals surface area contributed by atoms with Gasteiger partial charge in [-0.25, -0.2) is 4.63 Å². The molecule has 0 atom stereocenters. The van der Waals surface area contributed by atoms with Gasteiger partial charge in [-0.2, -0.15) is 10.5 Å². The maximum atomic E-state index is 8.60. The van der Waals surface area contributed by atoms with Crippen LogP contribution in [-0.2, 0) is 0 Å². The van der Waals surface area contributed by atoms with E-state index >= 15 is 0 Å². The Morgan fingerprint density at radius 2 is 2.21 bits per heavy atom. The summed E-state index contributed by atoms with van der Waals surface area (Å²) in [6.45, 7) is 0. The number of rotatable bonds is 2. The number of nitrogens with one attached hydrogen (secondary N) is 2. The van der Waals surface area contributed by atoms with Gasteiger partial charge in [-0.05, 0) is 10.3 Å². The molecule has 0 aliphatic rings. The Morgan fingerprint density at radius 1 is 1.36 bits per heavy atom. The number of aromatic amines is 1. The molecule has 0 saturated heterocycles. The van der Waals surface area contributed by atoms with Crippen molar-refractivity contribution in [1.82, 2.24) is 25.7 Å². The average molecular weight is 192 g/mol. The van der Waals surface area contributed by atoms with Gasteiger partial charge in [-0.15, -0.1) is 10.2 Å². The Balaban J connectivity index is 2.28. The van der Waals surface area contributed by atoms with Crippen molar-refractivity contribution in [3.8, 4) is 6.07 Å². The van der Waals surface area contributed by atoms with E-state index in [1.54, 1.807) is 0 Å². The van der Waals surface area contributed by atoms with Crippen LogP contribution in [0.25, 0.3) is 0 Å². The largest absolute Gasteiger partial charge is 0.378 e. The first-order valence-corrected chi connectivity index (χ1v) is 3.47. The second-order valence-electron chi connectivity index (χ2n) is 2.26. The van der Waals surface area contributed by atoms with Crippen LogP contribution in [0.3, 0.4) is 0 Å². The van der Waals surface area contributed by atoms with E-state index in [1.165, 1.54) is 0 Å². The van der Waals surface area contributed by atoms with Gasteiger partial charge in [-0.1, -0.05) is 0 Å². The molecular formula is C5H4N8O. The lowest BCUT2D eigenvalue weighted by Crippen LogP contribution is -1.97. The number of nitrogens with two attached hydrogens (primary N) is 1. The molecular weight excluding hydrogens is 188 g/mol. The van der Waals surface area contributed by atoms with E-state index in [-0.39, 0.29) is 23.1 Å². The van der Waals surface area contributed by atoms with Crippen molar-refractivity contribution in [3.05, 3.63) is 5.69 Å². The standard InChI is InChI=1S/C5H4N8O/c6-1-2-4(10-13-9-2)8-5-3(7)11-14-12-5/h(H2,7,11)(H2,8,9,10,12,13). The van der Waals surface area contributed by atoms with Gasteiger partial charge in [0.05, 0.1) is 0 Å². The number of hydrogen-bond donors (Lipinski definition) is 3. The first-order valence-electron chi connectivity index (χ1n) is 3.47. The summed E-state index contributed by atoms with van der Waals surface area (Å²) in [7, 11) is 0. The average Bonchev–Trinajstić information content (AvgIpc) is 2.77. The molecule has 2 aromatic heterocycles. The predicted octanol–water partition coefficient (Wildman–Crippen LogP) is -0.615. The maximum Gasteiger partial charge on any atom is 0.220 e. The van der Waals surface area contributed by atoms with E-state index in [1.807, 2.05) is 6.07 Å². The van der Waals surface area contributed by atoms with E-state index in [9.17, 15) is 0 Å². The number of aromatic nitrogens is 5. The fourth-order valence-corrected chi connectivity index (χ4v) is 0.790. The van der Waals surface area contributed by atoms with E-state index in [0.717, 1.165) is 0 Å². The lowest BCUT2D eigenvalue weighted by molar-refractivity contribution is 0.311. The van der Waals surface area contributed by atoms with Crippen molar-refractivity contribution in [2.75, 3.05) is 11.1 Å². The van der Waals surface area contributed by atoms with Gasteiger partial charge in [0.15, 0.2) is 5.82 Å². The van der Waals surface area contributed by atoms with E-state index in [4.69, 9.17) is 11.0 Å². The highest BCUT2D eigenvalue weighted by Crippen LogP contribution is 2.17. The zero-order valence-electron chi connectivity index (χ0n) is 6.72. The fourth-order valence-electron chi connectivity index (χ4n) is 0.790. The zero-order valence-corrected chi connectivity index (χ0v) is 6.72. The van der Waals surface area contributed by atoms with Crippen molar-refractivity contribution < 1.29 is 4.63 Å². The van der Waals surface area contributed by atoms with Crippen LogP contribution < -0.4 is 11.1 Å². The lowest BCUT2D eigenvalue weighted by Gasteiger charge is -1.94. The summed E-state index contributed by atoms with van der Waals surface area (Å²) in [5.41, 5.74) is 5.48. The summed E-state index contributed by atoms with van der Waals surface area (Å²) in [6.07, 6.45) is 0. The summed E-state index contributed by atoms with van der Waals surface area (Å²) in [5, 5.41) is 27.5. The minimum Gasteiger partial charge on any atom is -0.378 e. The molecule has 9 nitrogen and oxygen atoms in total. The van der Waals surface area contributed by atoms with Crippen LogP contribution >= 0.6 is 0 Å². The first-order chi connectivity index (χ1) is 6.81. The molecule has 0 aliphatic heterocycles. The summed E-state index contributed by atoms with van der Waals surface area (Å²) in [4.78, 5) is 0. The molecule has 2 rings (SSSR count). The Kier molecular flexibility index (Phi) is 1.72. The van der Waals surface area contributed by atoms with Gasteiger partial charge in [-0.3, -0.25) is 0 Å². The lowest BCUT2D eigenvalue weighted by atomic mass is 10.4. The van der Waals surface area contributed by atoms with Gasteiger partial charge in [0.2, 0.25) is 17.3 Å². The van der Waals surface area contributed by atoms with Crippen LogP contribution in [0.2, 0.25) is 0 Å². The summed E-state index contributed by atoms with van der Waals surface area (Å²) >= 11 is 0. The van der Waals surface area contributed by atoms with Crippen molar-refractivity contribution >= 4 is 17.5 Å². The summed E-state index contributed by atoms with van der Waals surface area (Å²) < 4.78 is 4.34. The van der Waals surface area contributed by atoms with Crippen molar-refractivity contribution in [3.63, 3.8) is 0 Å². The van der Waals surface area contributed by atoms with Gasteiger partial charge < -0.3 is 11.1 Å². The Bertz CT molecular complexity index is 478. The molecule has 0 fully saturated rings. The highest BCUT2D eigenvalue weighted by atomic mass is 16.6. The molecule has 0 aliphatic carbocycles. The van der Waals surface area contributed by atoms with E-state index < -0.39 is 0 Å². The van der Waals surface area contributed by atoms with Crippen LogP contribution in [0.5, 0.6) is 0 Å². The zero-order chi connectivity index (χ0) is 9.97. The van der Waals surface area contributed by atoms with E-state index in [2.05, 4.69) is 35.7 Å². The number of anilines is 3. The third kappa shape index (κ3) is 1.20. The molecule has 0 bridgehead atoms. The Labute approximate surface area is 76.9 Å². The molecule has 9 heteroatoms. The first kappa shape index (κ1) is 7.99. The van der Waals surface area contributed by atoms with Crippen molar-refractivity contribution in [2.24, 2.45) is 0 Å². The maximum absolute atomic E-state index is 8.60. The number of H-pyrrole nitrogens is 1. The Morgan fingerprint density at radius 3 is 2.86 bits per heavy atom. The van der Waals surface area contributed by atoms with Crippen molar-refractivity contribution in [1.29, 1.82) is 5.26 Å². The fraction of sp³-hybridized carbons (Fsp3) is 0. The molecule has 0 spiro atoms. The van der Waals surface area contributed by atoms with Gasteiger partial charge in [0, 0.05) is 0 Å². The molecule has 0 amide bonds. The molecule has 4 N–H and O–H groups in total. The second-order valence-corrected chi connectivity index (χ2v) is 2.26. The Hall–Kier alpha value is -2.63. The minimum absolute atomic E-state index is 0.0805. The van der Waals surface area contributed by atoms with Crippen LogP contribution in [0, 0.1) is 11.3 Å². The second kappa shape index (κ2) is 3.02. The molecule has 0 unspecified atom stereocenters. The number of nitrogens with zero attached hydrogens (tertiary/aromatic N) is 5. The molecule has 70 valence electrons. The normalized spacial score (nSPS) is 9.64. The highest BCUT2D eigenvalue weighted by molar-refractivity contribution is 5.64. The highest BCUT2D eigenvalue weighted by Gasteiger charge is 2.11. The summed E-state index contributed by atoms with van der Waals surface area (Å²) in [6, 6.07) is 1.82.